The summed E-state index contributed by atoms with van der Waals surface area (Å²) in [5.41, 5.74) is 1.67. The first-order chi connectivity index (χ1) is 10.1. The highest BCUT2D eigenvalue weighted by molar-refractivity contribution is 5.85. The summed E-state index contributed by atoms with van der Waals surface area (Å²) in [6.07, 6.45) is 2.42. The number of carbonyl (C=O) groups excluding carboxylic acids is 1. The Balaban J connectivity index is 2.36. The first-order valence-electron chi connectivity index (χ1n) is 7.50. The molecule has 0 radical (unpaired) electrons. The molecule has 3 N–H and O–H groups in total. The monoisotopic (exact) mass is 294 g/mol. The van der Waals surface area contributed by atoms with Crippen LogP contribution in [0.1, 0.15) is 33.1 Å². The van der Waals surface area contributed by atoms with E-state index < -0.39 is 6.09 Å². The molecule has 0 aliphatic rings. The third kappa shape index (κ3) is 8.19. The van der Waals surface area contributed by atoms with Gasteiger partial charge in [-0.1, -0.05) is 19.9 Å². The van der Waals surface area contributed by atoms with Gasteiger partial charge in [-0.15, -0.1) is 0 Å². The zero-order valence-electron chi connectivity index (χ0n) is 12.9. The lowest BCUT2D eigenvalue weighted by Crippen LogP contribution is -2.16. The SMILES string of the molecule is CC(C)COC(=O)Nc1cccc(NCCCCCO)c1. The van der Waals surface area contributed by atoms with Gasteiger partial charge in [0.25, 0.3) is 0 Å². The molecule has 0 spiro atoms. The van der Waals surface area contributed by atoms with Crippen molar-refractivity contribution in [2.75, 3.05) is 30.4 Å². The molecule has 1 aromatic rings. The van der Waals surface area contributed by atoms with E-state index in [4.69, 9.17) is 9.84 Å². The molecule has 5 heteroatoms. The number of unbranched alkanes of at least 4 members (excludes halogenated alkanes) is 2. The number of amides is 1. The first-order valence-corrected chi connectivity index (χ1v) is 7.50. The Morgan fingerprint density at radius 2 is 2.00 bits per heavy atom. The molecule has 0 saturated heterocycles. The molecule has 118 valence electrons. The maximum atomic E-state index is 11.6. The van der Waals surface area contributed by atoms with Crippen LogP contribution < -0.4 is 10.6 Å². The molecule has 1 aromatic carbocycles. The highest BCUT2D eigenvalue weighted by Gasteiger charge is 2.05. The highest BCUT2D eigenvalue weighted by Crippen LogP contribution is 2.15. The van der Waals surface area contributed by atoms with Gasteiger partial charge in [-0.2, -0.15) is 0 Å². The van der Waals surface area contributed by atoms with Crippen LogP contribution in [0.5, 0.6) is 0 Å². The summed E-state index contributed by atoms with van der Waals surface area (Å²) < 4.78 is 5.08. The van der Waals surface area contributed by atoms with Crippen molar-refractivity contribution in [2.45, 2.75) is 33.1 Å². The van der Waals surface area contributed by atoms with Crippen molar-refractivity contribution in [3.05, 3.63) is 24.3 Å². The molecule has 0 unspecified atom stereocenters. The van der Waals surface area contributed by atoms with Crippen molar-refractivity contribution < 1.29 is 14.6 Å². The van der Waals surface area contributed by atoms with Gasteiger partial charge >= 0.3 is 6.09 Å². The maximum absolute atomic E-state index is 11.6. The van der Waals surface area contributed by atoms with Gasteiger partial charge in [0.15, 0.2) is 0 Å². The molecule has 21 heavy (non-hydrogen) atoms. The minimum absolute atomic E-state index is 0.248. The van der Waals surface area contributed by atoms with E-state index >= 15 is 0 Å². The van der Waals surface area contributed by atoms with Gasteiger partial charge in [0.05, 0.1) is 6.61 Å². The van der Waals surface area contributed by atoms with Crippen LogP contribution in [0.2, 0.25) is 0 Å². The number of aliphatic hydroxyl groups excluding tert-OH is 1. The molecular formula is C16H26N2O3. The minimum Gasteiger partial charge on any atom is -0.449 e. The second-order valence-electron chi connectivity index (χ2n) is 5.41. The van der Waals surface area contributed by atoms with Crippen LogP contribution in [0.15, 0.2) is 24.3 Å². The quantitative estimate of drug-likeness (QED) is 0.610. The van der Waals surface area contributed by atoms with Crippen molar-refractivity contribution in [1.82, 2.24) is 0 Å². The van der Waals surface area contributed by atoms with Crippen molar-refractivity contribution in [3.63, 3.8) is 0 Å². The largest absolute Gasteiger partial charge is 0.449 e. The molecular weight excluding hydrogens is 268 g/mol. The van der Waals surface area contributed by atoms with Gasteiger partial charge < -0.3 is 15.2 Å². The number of hydrogen-bond acceptors (Lipinski definition) is 4. The Morgan fingerprint density at radius 3 is 2.71 bits per heavy atom. The lowest BCUT2D eigenvalue weighted by Gasteiger charge is -2.11. The molecule has 0 aliphatic heterocycles. The third-order valence-electron chi connectivity index (χ3n) is 2.82. The maximum Gasteiger partial charge on any atom is 0.411 e. The average molecular weight is 294 g/mol. The Bertz CT molecular complexity index is 422. The lowest BCUT2D eigenvalue weighted by atomic mass is 10.2. The Hall–Kier alpha value is -1.75. The van der Waals surface area contributed by atoms with Crippen LogP contribution in [0, 0.1) is 5.92 Å². The lowest BCUT2D eigenvalue weighted by molar-refractivity contribution is 0.147. The van der Waals surface area contributed by atoms with Crippen LogP contribution in [0.25, 0.3) is 0 Å². The summed E-state index contributed by atoms with van der Waals surface area (Å²) in [5, 5.41) is 14.7. The standard InChI is InChI=1S/C16H26N2O3/c1-13(2)12-21-16(20)18-15-8-6-7-14(11-15)17-9-4-3-5-10-19/h6-8,11,13,17,19H,3-5,9-10,12H2,1-2H3,(H,18,20). The third-order valence-corrected chi connectivity index (χ3v) is 2.82. The van der Waals surface area contributed by atoms with Crippen LogP contribution in [0.4, 0.5) is 16.2 Å². The molecule has 1 rings (SSSR count). The summed E-state index contributed by atoms with van der Waals surface area (Å²) >= 11 is 0. The molecule has 0 atom stereocenters. The van der Waals surface area contributed by atoms with Crippen molar-refractivity contribution in [3.8, 4) is 0 Å². The van der Waals surface area contributed by atoms with E-state index in [2.05, 4.69) is 10.6 Å². The number of benzene rings is 1. The van der Waals surface area contributed by atoms with E-state index in [1.807, 2.05) is 38.1 Å². The van der Waals surface area contributed by atoms with Gasteiger partial charge in [0, 0.05) is 24.5 Å². The summed E-state index contributed by atoms with van der Waals surface area (Å²) in [6.45, 7) is 5.50. The predicted octanol–water partition coefficient (Wildman–Crippen LogP) is 3.47. The summed E-state index contributed by atoms with van der Waals surface area (Å²) in [5.74, 6) is 0.322. The Kier molecular flexibility index (Phi) is 8.28. The number of ether oxygens (including phenoxy) is 1. The van der Waals surface area contributed by atoms with Crippen LogP contribution in [0.3, 0.4) is 0 Å². The molecule has 0 heterocycles. The topological polar surface area (TPSA) is 70.6 Å². The first kappa shape index (κ1) is 17.3. The Morgan fingerprint density at radius 1 is 1.24 bits per heavy atom. The van der Waals surface area contributed by atoms with Gasteiger partial charge in [-0.05, 0) is 43.4 Å². The normalized spacial score (nSPS) is 10.5. The summed E-state index contributed by atoms with van der Waals surface area (Å²) in [6, 6.07) is 7.54. The van der Waals surface area contributed by atoms with E-state index in [9.17, 15) is 4.79 Å². The van der Waals surface area contributed by atoms with E-state index in [1.54, 1.807) is 0 Å². The van der Waals surface area contributed by atoms with Crippen molar-refractivity contribution >= 4 is 17.5 Å². The number of carbonyl (C=O) groups is 1. The fraction of sp³-hybridized carbons (Fsp3) is 0.562. The Labute approximate surface area is 126 Å². The number of anilines is 2. The van der Waals surface area contributed by atoms with E-state index in [0.29, 0.717) is 18.2 Å². The number of nitrogens with one attached hydrogen (secondary N) is 2. The number of hydrogen-bond donors (Lipinski definition) is 3. The van der Waals surface area contributed by atoms with E-state index in [1.165, 1.54) is 0 Å². The van der Waals surface area contributed by atoms with Gasteiger partial charge in [0.1, 0.15) is 0 Å². The highest BCUT2D eigenvalue weighted by atomic mass is 16.5. The van der Waals surface area contributed by atoms with Crippen LogP contribution in [-0.4, -0.2) is 31.0 Å². The van der Waals surface area contributed by atoms with E-state index in [-0.39, 0.29) is 6.61 Å². The number of rotatable bonds is 9. The fourth-order valence-electron chi connectivity index (χ4n) is 1.75. The second kappa shape index (κ2) is 10.0. The molecule has 0 bridgehead atoms. The smallest absolute Gasteiger partial charge is 0.411 e. The van der Waals surface area contributed by atoms with E-state index in [0.717, 1.165) is 31.5 Å². The average Bonchev–Trinajstić information content (AvgIpc) is 2.45. The van der Waals surface area contributed by atoms with Crippen molar-refractivity contribution in [1.29, 1.82) is 0 Å². The van der Waals surface area contributed by atoms with Crippen molar-refractivity contribution in [2.24, 2.45) is 5.92 Å². The fourth-order valence-corrected chi connectivity index (χ4v) is 1.75. The van der Waals surface area contributed by atoms with Gasteiger partial charge in [-0.3, -0.25) is 5.32 Å². The van der Waals surface area contributed by atoms with Crippen LogP contribution >= 0.6 is 0 Å². The molecule has 1 amide bonds. The minimum atomic E-state index is -0.427. The molecule has 0 aliphatic carbocycles. The number of aliphatic hydroxyl groups is 1. The molecule has 0 aromatic heterocycles. The molecule has 5 nitrogen and oxygen atoms in total. The summed E-state index contributed by atoms with van der Waals surface area (Å²) in [7, 11) is 0. The predicted molar refractivity (Wildman–Crippen MR) is 85.7 cm³/mol. The second-order valence-corrected chi connectivity index (χ2v) is 5.41. The molecule has 0 fully saturated rings. The zero-order valence-corrected chi connectivity index (χ0v) is 12.9. The summed E-state index contributed by atoms with van der Waals surface area (Å²) in [4.78, 5) is 11.6. The van der Waals surface area contributed by atoms with Crippen LogP contribution in [-0.2, 0) is 4.74 Å². The zero-order chi connectivity index (χ0) is 15.5. The van der Waals surface area contributed by atoms with Gasteiger partial charge in [0.2, 0.25) is 0 Å². The van der Waals surface area contributed by atoms with Gasteiger partial charge in [-0.25, -0.2) is 4.79 Å². The molecule has 0 saturated carbocycles.